The summed E-state index contributed by atoms with van der Waals surface area (Å²) in [5, 5.41) is 22.3. The molecule has 2 atom stereocenters. The summed E-state index contributed by atoms with van der Waals surface area (Å²) in [4.78, 5) is 61.1. The minimum absolute atomic E-state index is 0.132. The number of rotatable bonds is 19. The molecule has 0 radical (unpaired) electrons. The average molecular weight is 1610 g/mol. The standard InChI is InChI=1S/C27H26N2OS.C17H18N2S.C15H12N4O4S.C15H11N3S.C14H18N2O3S/c30-31(24-19-11-4-12-20-24)29-26(22-15-7-2-8-16-22)25(21-13-5-1-6-14-21)28-27(29)23-17-9-3-10-18-23;1-17(2,3)20-19-15-12-8-7-11-14(15)18-16(19)13-9-5-4-6-10-13;1-2-15-16-11-5-3-4-6-12(11)17(15)24-14-8-7-10(18(20)21)9-13(14)19(22)23;1-16-11-15-17-13-9-5-6-10-14(13)18(15)19-12-7-3-2-4-8-12;1-5-19-13(17)14(3,4)20(18)16-10(2)15-11-8-6-7-9-12(11)16/h1-3,5-10,13-18,24H,4,11-12,19-20H2;4-12H,1-3H3;3-9H,2H2,1H3;2-10H,11H2;6-9H,5H2,1-4H3. The molecule has 0 saturated heterocycles. The van der Waals surface area contributed by atoms with Crippen LogP contribution in [0, 0.1) is 33.7 Å². The van der Waals surface area contributed by atoms with E-state index in [9.17, 15) is 33.4 Å². The van der Waals surface area contributed by atoms with Crippen molar-refractivity contribution in [2.75, 3.05) is 6.61 Å². The van der Waals surface area contributed by atoms with E-state index in [1.54, 1.807) is 43.6 Å². The number of nitrogens with zero attached hydrogens (tertiary/aromatic N) is 13. The van der Waals surface area contributed by atoms with Crippen LogP contribution in [0.2, 0.25) is 0 Å². The highest BCUT2D eigenvalue weighted by molar-refractivity contribution is 7.99. The van der Waals surface area contributed by atoms with Crippen molar-refractivity contribution in [3.63, 3.8) is 0 Å². The molecule has 1 aliphatic rings. The summed E-state index contributed by atoms with van der Waals surface area (Å²) in [7, 11) is -2.79. The third-order valence-electron chi connectivity index (χ3n) is 18.1. The monoisotopic (exact) mass is 1610 g/mol. The van der Waals surface area contributed by atoms with Gasteiger partial charge in [-0.1, -0.05) is 214 Å². The first-order valence-electron chi connectivity index (χ1n) is 37.2. The normalized spacial score (nSPS) is 12.7. The molecule has 1 saturated carbocycles. The van der Waals surface area contributed by atoms with Crippen molar-refractivity contribution >= 4 is 119 Å². The fourth-order valence-electron chi connectivity index (χ4n) is 12.7. The SMILES string of the molecule is CC(C)(C)Sn1c(-c2ccccc2)nc2ccccc21.CCOC(=O)C(C)(C)S(=O)n1c(C)nc2ccccc21.CCc1nc2ccccc2n1Sc1ccc([N+](=O)[O-])cc1[N+](=O)[O-].O=S(C1CCCCC1)n1c(-c2ccccc2)nc(-c2ccccc2)c1-c1ccccc1.[C-]#[N+]Cc1nc2ccccc2n1Sc1ccccc1. The number of hydrogen-bond acceptors (Lipinski definition) is 16. The molecule has 0 amide bonds. The van der Waals surface area contributed by atoms with E-state index in [0.29, 0.717) is 23.7 Å². The maximum Gasteiger partial charge on any atom is 0.326 e. The van der Waals surface area contributed by atoms with Gasteiger partial charge in [-0.25, -0.2) is 47.9 Å². The Balaban J connectivity index is 0.000000134. The van der Waals surface area contributed by atoms with Crippen molar-refractivity contribution in [3.05, 3.63) is 316 Å². The summed E-state index contributed by atoms with van der Waals surface area (Å²) in [6.07, 6.45) is 6.21. The van der Waals surface area contributed by atoms with Gasteiger partial charge in [0, 0.05) is 56.3 Å². The topological polar surface area (TPSA) is 240 Å². The van der Waals surface area contributed by atoms with E-state index in [4.69, 9.17) is 21.3 Å². The van der Waals surface area contributed by atoms with Crippen LogP contribution in [-0.4, -0.2) is 90.4 Å². The zero-order valence-electron chi connectivity index (χ0n) is 64.3. The summed E-state index contributed by atoms with van der Waals surface area (Å²) in [6, 6.07) is 86.0. The number of aryl methyl sites for hydroxylation is 2. The number of esters is 1. The maximum absolute atomic E-state index is 14.1. The number of carbonyl (C=O) groups is 1. The highest BCUT2D eigenvalue weighted by Gasteiger charge is 2.39. The van der Waals surface area contributed by atoms with E-state index in [1.165, 1.54) is 24.1 Å². The number of aromatic nitrogens is 10. The number of hydrogen-bond donors (Lipinski definition) is 0. The third kappa shape index (κ3) is 19.4. The summed E-state index contributed by atoms with van der Waals surface area (Å²) in [5.74, 6) is 3.50. The quantitative estimate of drug-likeness (QED) is 0.0316. The highest BCUT2D eigenvalue weighted by Crippen LogP contribution is 2.41. The number of nitro benzene ring substituents is 2. The minimum atomic E-state index is -1.60. The number of imidazole rings is 5. The van der Waals surface area contributed by atoms with Gasteiger partial charge in [-0.15, -0.1) is 0 Å². The first kappa shape index (κ1) is 81.9. The van der Waals surface area contributed by atoms with Gasteiger partial charge in [0.2, 0.25) is 5.82 Å². The first-order chi connectivity index (χ1) is 55.2. The molecule has 10 aromatic carbocycles. The van der Waals surface area contributed by atoms with E-state index >= 15 is 0 Å². The van der Waals surface area contributed by atoms with Crippen molar-refractivity contribution in [2.24, 2.45) is 0 Å². The van der Waals surface area contributed by atoms with E-state index in [1.807, 2.05) is 189 Å². The van der Waals surface area contributed by atoms with Gasteiger partial charge >= 0.3 is 5.97 Å². The number of nitro groups is 2. The fraction of sp³-hybridized carbons (Fsp3) is 0.216. The van der Waals surface area contributed by atoms with Gasteiger partial charge < -0.3 is 9.58 Å². The molecule has 5 aromatic heterocycles. The van der Waals surface area contributed by atoms with Crippen LogP contribution in [0.5, 0.6) is 0 Å². The smallest absolute Gasteiger partial charge is 0.326 e. The van der Waals surface area contributed by atoms with E-state index < -0.39 is 42.5 Å². The van der Waals surface area contributed by atoms with Gasteiger partial charge in [0.1, 0.15) is 38.5 Å². The Hall–Kier alpha value is -11.6. The number of ether oxygens (including phenoxy) is 1. The molecule has 5 heterocycles. The number of non-ortho nitro benzene ring substituents is 1. The van der Waals surface area contributed by atoms with Crippen LogP contribution in [0.4, 0.5) is 11.4 Å². The minimum Gasteiger partial charge on any atom is -0.465 e. The molecular formula is C88H85N13O8S5. The third-order valence-corrected chi connectivity index (χ3v) is 25.0. The summed E-state index contributed by atoms with van der Waals surface area (Å²) >= 11 is 4.55. The second-order valence-electron chi connectivity index (χ2n) is 27.7. The lowest BCUT2D eigenvalue weighted by atomic mass is 10.0. The largest absolute Gasteiger partial charge is 0.465 e. The molecule has 1 aliphatic carbocycles. The predicted molar refractivity (Wildman–Crippen MR) is 463 cm³/mol. The highest BCUT2D eigenvalue weighted by atomic mass is 32.2. The van der Waals surface area contributed by atoms with Crippen LogP contribution in [0.3, 0.4) is 0 Å². The van der Waals surface area contributed by atoms with Crippen molar-refractivity contribution in [3.8, 4) is 45.3 Å². The number of carbonyl (C=O) groups excluding carboxylic acids is 1. The number of benzene rings is 10. The van der Waals surface area contributed by atoms with E-state index in [2.05, 4.69) is 136 Å². The molecule has 0 N–H and O–H groups in total. The van der Waals surface area contributed by atoms with Gasteiger partial charge in [-0.05, 0) is 152 Å². The molecule has 1 fully saturated rings. The first-order valence-corrected chi connectivity index (χ1v) is 41.8. The summed E-state index contributed by atoms with van der Waals surface area (Å²) in [5.41, 5.74) is 12.8. The lowest BCUT2D eigenvalue weighted by Gasteiger charge is -2.23. The van der Waals surface area contributed by atoms with Gasteiger partial charge in [0.25, 0.3) is 17.9 Å². The van der Waals surface area contributed by atoms with Crippen molar-refractivity contribution in [1.82, 2.24) is 44.8 Å². The van der Waals surface area contributed by atoms with Crippen LogP contribution in [0.15, 0.2) is 277 Å². The Morgan fingerprint density at radius 1 is 0.526 bits per heavy atom. The Morgan fingerprint density at radius 3 is 1.51 bits per heavy atom. The molecular weight excluding hydrogens is 1530 g/mol. The second kappa shape index (κ2) is 37.8. The Labute approximate surface area is 680 Å². The molecule has 16 rings (SSSR count). The lowest BCUT2D eigenvalue weighted by molar-refractivity contribution is -0.396. The summed E-state index contributed by atoms with van der Waals surface area (Å²) in [6.45, 7) is 23.0. The Kier molecular flexibility index (Phi) is 27.2. The van der Waals surface area contributed by atoms with Crippen molar-refractivity contribution in [1.29, 1.82) is 0 Å². The summed E-state index contributed by atoms with van der Waals surface area (Å²) < 4.78 is 40.6. The zero-order chi connectivity index (χ0) is 80.5. The van der Waals surface area contributed by atoms with Gasteiger partial charge in [-0.2, -0.15) is 0 Å². The molecule has 0 bridgehead atoms. The van der Waals surface area contributed by atoms with Crippen molar-refractivity contribution < 1.29 is 27.8 Å². The van der Waals surface area contributed by atoms with Gasteiger partial charge in [0.05, 0.1) is 83.3 Å². The van der Waals surface area contributed by atoms with Crippen LogP contribution in [-0.2, 0) is 44.5 Å². The molecule has 0 aliphatic heterocycles. The van der Waals surface area contributed by atoms with E-state index in [-0.39, 0.29) is 28.0 Å². The average Bonchev–Trinajstić information content (AvgIpc) is 1.60. The zero-order valence-corrected chi connectivity index (χ0v) is 68.3. The van der Waals surface area contributed by atoms with Crippen LogP contribution >= 0.6 is 35.8 Å². The molecule has 26 heteroatoms. The molecule has 15 aromatic rings. The predicted octanol–water partition coefficient (Wildman–Crippen LogP) is 21.9. The van der Waals surface area contributed by atoms with Crippen LogP contribution in [0.25, 0.3) is 94.3 Å². The van der Waals surface area contributed by atoms with Gasteiger partial charge in [0.15, 0.2) is 16.4 Å². The molecule has 580 valence electrons. The molecule has 0 spiro atoms. The van der Waals surface area contributed by atoms with Crippen LogP contribution in [0.1, 0.15) is 98.0 Å². The second-order valence-corrected chi connectivity index (χ2v) is 35.0. The van der Waals surface area contributed by atoms with Gasteiger partial charge in [-0.3, -0.25) is 36.9 Å². The van der Waals surface area contributed by atoms with E-state index in [0.717, 1.165) is 144 Å². The maximum atomic E-state index is 14.1. The lowest BCUT2D eigenvalue weighted by Crippen LogP contribution is -2.41. The fourth-order valence-corrected chi connectivity index (χ4v) is 18.8. The Bertz CT molecular complexity index is 5940. The number of para-hydroxylation sites is 8. The van der Waals surface area contributed by atoms with Crippen molar-refractivity contribution in [2.45, 2.75) is 125 Å². The molecule has 21 nitrogen and oxygen atoms in total. The Morgan fingerprint density at radius 2 is 0.991 bits per heavy atom. The molecule has 114 heavy (non-hydrogen) atoms. The number of fused-ring (bicyclic) bond motifs is 4. The molecule has 2 unspecified atom stereocenters. The van der Waals surface area contributed by atoms with Crippen LogP contribution < -0.4 is 0 Å².